The van der Waals surface area contributed by atoms with Crippen molar-refractivity contribution in [3.8, 4) is 0 Å². The number of carbonyl (C=O) groups is 2. The Labute approximate surface area is 183 Å². The lowest BCUT2D eigenvalue weighted by atomic mass is 10.1. The molecule has 0 saturated heterocycles. The van der Waals surface area contributed by atoms with Gasteiger partial charge in [-0.1, -0.05) is 24.3 Å². The number of nitrogens with one attached hydrogen (secondary N) is 4. The van der Waals surface area contributed by atoms with Gasteiger partial charge in [0.15, 0.2) is 5.82 Å². The fraction of sp³-hybridized carbons (Fsp3) is 0.0870. The van der Waals surface area contributed by atoms with Crippen molar-refractivity contribution in [1.82, 2.24) is 15.5 Å². The molecule has 0 spiro atoms. The lowest BCUT2D eigenvalue weighted by Gasteiger charge is -2.10. The van der Waals surface area contributed by atoms with Crippen LogP contribution in [0.15, 0.2) is 60.7 Å². The topological polar surface area (TPSA) is 125 Å². The zero-order valence-corrected chi connectivity index (χ0v) is 17.2. The largest absolute Gasteiger partial charge is 0.382 e. The summed E-state index contributed by atoms with van der Waals surface area (Å²) in [6, 6.07) is 16.3. The summed E-state index contributed by atoms with van der Waals surface area (Å²) in [6.45, 7) is 1.86. The van der Waals surface area contributed by atoms with E-state index in [2.05, 4.69) is 26.1 Å². The van der Waals surface area contributed by atoms with Crippen molar-refractivity contribution in [2.24, 2.45) is 0 Å². The summed E-state index contributed by atoms with van der Waals surface area (Å²) in [4.78, 5) is 24.9. The SMILES string of the molecule is Cc1ccc(NC(=O)NCc2cccc(NC(=O)c3cccc4[nH]nc(N)c34)c2)cc1F. The number of benzene rings is 3. The predicted molar refractivity (Wildman–Crippen MR) is 122 cm³/mol. The summed E-state index contributed by atoms with van der Waals surface area (Å²) in [5.74, 6) is -0.463. The number of urea groups is 1. The van der Waals surface area contributed by atoms with Gasteiger partial charge in [0.05, 0.1) is 16.5 Å². The molecule has 3 amide bonds. The Morgan fingerprint density at radius 3 is 2.62 bits per heavy atom. The summed E-state index contributed by atoms with van der Waals surface area (Å²) in [6.07, 6.45) is 0. The molecule has 0 aliphatic carbocycles. The van der Waals surface area contributed by atoms with Crippen molar-refractivity contribution in [3.63, 3.8) is 0 Å². The molecule has 0 unspecified atom stereocenters. The summed E-state index contributed by atoms with van der Waals surface area (Å²) in [5.41, 5.74) is 9.16. The molecule has 0 aliphatic heterocycles. The Kier molecular flexibility index (Phi) is 5.71. The number of fused-ring (bicyclic) bond motifs is 1. The number of nitrogen functional groups attached to an aromatic ring is 1. The Morgan fingerprint density at radius 1 is 1.03 bits per heavy atom. The molecule has 4 rings (SSSR count). The first-order valence-electron chi connectivity index (χ1n) is 9.84. The highest BCUT2D eigenvalue weighted by Crippen LogP contribution is 2.23. The van der Waals surface area contributed by atoms with Crippen LogP contribution in [0.5, 0.6) is 0 Å². The van der Waals surface area contributed by atoms with Crippen LogP contribution in [-0.4, -0.2) is 22.1 Å². The number of aromatic amines is 1. The second-order valence-corrected chi connectivity index (χ2v) is 7.26. The van der Waals surface area contributed by atoms with E-state index >= 15 is 0 Å². The van der Waals surface area contributed by atoms with E-state index in [1.165, 1.54) is 6.07 Å². The van der Waals surface area contributed by atoms with Crippen LogP contribution in [0, 0.1) is 12.7 Å². The number of amides is 3. The van der Waals surface area contributed by atoms with E-state index in [4.69, 9.17) is 5.73 Å². The molecule has 0 radical (unpaired) electrons. The molecule has 4 aromatic rings. The van der Waals surface area contributed by atoms with Crippen LogP contribution >= 0.6 is 0 Å². The van der Waals surface area contributed by atoms with Gasteiger partial charge in [-0.05, 0) is 54.4 Å². The third-order valence-corrected chi connectivity index (χ3v) is 4.93. The minimum absolute atomic E-state index is 0.216. The average Bonchev–Trinajstić information content (AvgIpc) is 3.16. The molecule has 3 aromatic carbocycles. The molecule has 0 atom stereocenters. The number of hydrogen-bond donors (Lipinski definition) is 5. The van der Waals surface area contributed by atoms with Crippen LogP contribution in [0.4, 0.5) is 26.4 Å². The van der Waals surface area contributed by atoms with Gasteiger partial charge in [-0.15, -0.1) is 0 Å². The fourth-order valence-corrected chi connectivity index (χ4v) is 3.27. The molecule has 0 fully saturated rings. The summed E-state index contributed by atoms with van der Waals surface area (Å²) in [5, 5.41) is 15.4. The van der Waals surface area contributed by atoms with Crippen LogP contribution in [0.2, 0.25) is 0 Å². The van der Waals surface area contributed by atoms with Gasteiger partial charge in [0, 0.05) is 17.9 Å². The molecule has 32 heavy (non-hydrogen) atoms. The molecule has 1 heterocycles. The number of aryl methyl sites for hydroxylation is 1. The minimum Gasteiger partial charge on any atom is -0.382 e. The number of hydrogen-bond acceptors (Lipinski definition) is 4. The molecule has 6 N–H and O–H groups in total. The molecule has 0 bridgehead atoms. The molecule has 1 aromatic heterocycles. The molecule has 0 aliphatic rings. The van der Waals surface area contributed by atoms with Crippen LogP contribution in [0.25, 0.3) is 10.9 Å². The van der Waals surface area contributed by atoms with Gasteiger partial charge in [-0.2, -0.15) is 5.10 Å². The fourth-order valence-electron chi connectivity index (χ4n) is 3.27. The van der Waals surface area contributed by atoms with Crippen molar-refractivity contribution in [3.05, 3.63) is 83.2 Å². The third-order valence-electron chi connectivity index (χ3n) is 4.93. The quantitative estimate of drug-likeness (QED) is 0.325. The monoisotopic (exact) mass is 432 g/mol. The lowest BCUT2D eigenvalue weighted by Crippen LogP contribution is -2.28. The normalized spacial score (nSPS) is 10.7. The first-order valence-corrected chi connectivity index (χ1v) is 9.84. The van der Waals surface area contributed by atoms with Crippen molar-refractivity contribution in [2.45, 2.75) is 13.5 Å². The van der Waals surface area contributed by atoms with E-state index in [-0.39, 0.29) is 24.1 Å². The zero-order chi connectivity index (χ0) is 22.7. The molecule has 162 valence electrons. The number of nitrogens with zero attached hydrogens (tertiary/aromatic N) is 1. The molecule has 8 nitrogen and oxygen atoms in total. The Balaban J connectivity index is 1.40. The highest BCUT2D eigenvalue weighted by Gasteiger charge is 2.14. The highest BCUT2D eigenvalue weighted by molar-refractivity contribution is 6.14. The van der Waals surface area contributed by atoms with Gasteiger partial charge in [0.2, 0.25) is 0 Å². The first kappa shape index (κ1) is 20.9. The van der Waals surface area contributed by atoms with Gasteiger partial charge in [-0.3, -0.25) is 9.89 Å². The Morgan fingerprint density at radius 2 is 1.81 bits per heavy atom. The van der Waals surface area contributed by atoms with Gasteiger partial charge in [0.25, 0.3) is 5.91 Å². The van der Waals surface area contributed by atoms with Gasteiger partial charge in [-0.25, -0.2) is 9.18 Å². The summed E-state index contributed by atoms with van der Waals surface area (Å²) < 4.78 is 13.6. The van der Waals surface area contributed by atoms with Crippen molar-refractivity contribution >= 4 is 40.0 Å². The molecule has 0 saturated carbocycles. The first-order chi connectivity index (χ1) is 15.4. The Bertz CT molecular complexity index is 1320. The maximum absolute atomic E-state index is 13.6. The zero-order valence-electron chi connectivity index (χ0n) is 17.2. The van der Waals surface area contributed by atoms with Crippen LogP contribution in [-0.2, 0) is 6.54 Å². The maximum atomic E-state index is 13.6. The molecular formula is C23H21FN6O2. The number of nitrogens with two attached hydrogens (primary N) is 1. The number of halogens is 1. The second-order valence-electron chi connectivity index (χ2n) is 7.26. The van der Waals surface area contributed by atoms with Gasteiger partial charge < -0.3 is 21.7 Å². The predicted octanol–water partition coefficient (Wildman–Crippen LogP) is 4.17. The standard InChI is InChI=1S/C23H21FN6O2/c1-13-8-9-16(11-18(13)24)28-23(32)26-12-14-4-2-5-15(10-14)27-22(31)17-6-3-7-19-20(17)21(25)30-29-19/h2-11H,12H2,1H3,(H,27,31)(H3,25,29,30)(H2,26,28,32). The molecular weight excluding hydrogens is 411 g/mol. The maximum Gasteiger partial charge on any atom is 0.319 e. The van der Waals surface area contributed by atoms with E-state index in [1.54, 1.807) is 55.5 Å². The smallest absolute Gasteiger partial charge is 0.319 e. The lowest BCUT2D eigenvalue weighted by molar-refractivity contribution is 0.102. The van der Waals surface area contributed by atoms with E-state index < -0.39 is 6.03 Å². The van der Waals surface area contributed by atoms with Gasteiger partial charge in [0.1, 0.15) is 5.82 Å². The van der Waals surface area contributed by atoms with Crippen molar-refractivity contribution < 1.29 is 14.0 Å². The van der Waals surface area contributed by atoms with E-state index in [1.807, 2.05) is 6.07 Å². The van der Waals surface area contributed by atoms with Crippen molar-refractivity contribution in [1.29, 1.82) is 0 Å². The number of rotatable bonds is 5. The van der Waals surface area contributed by atoms with E-state index in [0.29, 0.717) is 33.4 Å². The number of anilines is 3. The van der Waals surface area contributed by atoms with Crippen LogP contribution in [0.3, 0.4) is 0 Å². The van der Waals surface area contributed by atoms with Crippen LogP contribution < -0.4 is 21.7 Å². The minimum atomic E-state index is -0.468. The average molecular weight is 432 g/mol. The van der Waals surface area contributed by atoms with Gasteiger partial charge >= 0.3 is 6.03 Å². The number of aromatic nitrogens is 2. The summed E-state index contributed by atoms with van der Waals surface area (Å²) >= 11 is 0. The van der Waals surface area contributed by atoms with E-state index in [0.717, 1.165) is 5.56 Å². The van der Waals surface area contributed by atoms with Crippen molar-refractivity contribution in [2.75, 3.05) is 16.4 Å². The highest BCUT2D eigenvalue weighted by atomic mass is 19.1. The third kappa shape index (κ3) is 4.51. The number of carbonyl (C=O) groups excluding carboxylic acids is 2. The van der Waals surface area contributed by atoms with Crippen LogP contribution in [0.1, 0.15) is 21.5 Å². The Hall–Kier alpha value is -4.40. The summed E-state index contributed by atoms with van der Waals surface area (Å²) in [7, 11) is 0. The second kappa shape index (κ2) is 8.76. The number of H-pyrrole nitrogens is 1. The molecule has 9 heteroatoms. The van der Waals surface area contributed by atoms with E-state index in [9.17, 15) is 14.0 Å².